The van der Waals surface area contributed by atoms with Crippen molar-refractivity contribution in [3.05, 3.63) is 74.8 Å². The number of rotatable bonds is 4. The second-order valence-corrected chi connectivity index (χ2v) is 4.75. The van der Waals surface area contributed by atoms with E-state index in [9.17, 15) is 14.9 Å². The van der Waals surface area contributed by atoms with Crippen molar-refractivity contribution in [2.45, 2.75) is 13.5 Å². The summed E-state index contributed by atoms with van der Waals surface area (Å²) >= 11 is 0. The minimum atomic E-state index is -0.482. The fourth-order valence-corrected chi connectivity index (χ4v) is 2.04. The molecule has 0 aliphatic carbocycles. The number of nitriles is 1. The van der Waals surface area contributed by atoms with Crippen molar-refractivity contribution in [1.29, 1.82) is 5.26 Å². The van der Waals surface area contributed by atoms with Gasteiger partial charge in [-0.25, -0.2) is 0 Å². The third kappa shape index (κ3) is 3.46. The maximum Gasteiger partial charge on any atom is 0.272 e. The zero-order chi connectivity index (χ0) is 16.1. The molecule has 0 atom stereocenters. The van der Waals surface area contributed by atoms with Crippen LogP contribution in [0.25, 0.3) is 0 Å². The number of hydrogen-bond acceptors (Lipinski definition) is 4. The van der Waals surface area contributed by atoms with Crippen LogP contribution in [0.4, 0.5) is 5.69 Å². The molecule has 0 spiro atoms. The Morgan fingerprint density at radius 2 is 2.09 bits per heavy atom. The summed E-state index contributed by atoms with van der Waals surface area (Å²) in [6.07, 6.45) is 0. The monoisotopic (exact) mass is 295 g/mol. The summed E-state index contributed by atoms with van der Waals surface area (Å²) in [4.78, 5) is 22.3. The van der Waals surface area contributed by atoms with Crippen LogP contribution < -0.4 is 5.32 Å². The SMILES string of the molecule is Cc1cc(C(=O)NCc2cccc(C#N)c2)ccc1[N+](=O)[O-]. The normalized spacial score (nSPS) is 9.82. The number of nitro benzene ring substituents is 1. The van der Waals surface area contributed by atoms with Crippen LogP contribution in [0.2, 0.25) is 0 Å². The van der Waals surface area contributed by atoms with E-state index in [1.165, 1.54) is 18.2 Å². The van der Waals surface area contributed by atoms with Gasteiger partial charge >= 0.3 is 0 Å². The van der Waals surface area contributed by atoms with Crippen molar-refractivity contribution >= 4 is 11.6 Å². The van der Waals surface area contributed by atoms with Gasteiger partial charge in [-0.3, -0.25) is 14.9 Å². The predicted molar refractivity (Wildman–Crippen MR) is 80.2 cm³/mol. The number of amides is 1. The topological polar surface area (TPSA) is 96.0 Å². The summed E-state index contributed by atoms with van der Waals surface area (Å²) in [5, 5.41) is 22.3. The van der Waals surface area contributed by atoms with Crippen LogP contribution in [-0.2, 0) is 6.54 Å². The van der Waals surface area contributed by atoms with Crippen LogP contribution in [0.15, 0.2) is 42.5 Å². The van der Waals surface area contributed by atoms with Crippen molar-refractivity contribution in [3.8, 4) is 6.07 Å². The number of hydrogen-bond donors (Lipinski definition) is 1. The van der Waals surface area contributed by atoms with E-state index in [-0.39, 0.29) is 18.1 Å². The molecule has 2 rings (SSSR count). The number of carbonyl (C=O) groups excluding carboxylic acids is 1. The van der Waals surface area contributed by atoms with Gasteiger partial charge in [0.1, 0.15) is 0 Å². The molecule has 0 radical (unpaired) electrons. The van der Waals surface area contributed by atoms with Gasteiger partial charge in [0.2, 0.25) is 0 Å². The quantitative estimate of drug-likeness (QED) is 0.692. The van der Waals surface area contributed by atoms with Gasteiger partial charge in [-0.2, -0.15) is 5.26 Å². The largest absolute Gasteiger partial charge is 0.348 e. The molecule has 0 aliphatic heterocycles. The van der Waals surface area contributed by atoms with Crippen molar-refractivity contribution in [1.82, 2.24) is 5.32 Å². The maximum absolute atomic E-state index is 12.1. The summed E-state index contributed by atoms with van der Waals surface area (Å²) < 4.78 is 0. The van der Waals surface area contributed by atoms with Crippen molar-refractivity contribution in [3.63, 3.8) is 0 Å². The van der Waals surface area contributed by atoms with Crippen LogP contribution in [-0.4, -0.2) is 10.8 Å². The average molecular weight is 295 g/mol. The fourth-order valence-electron chi connectivity index (χ4n) is 2.04. The first kappa shape index (κ1) is 15.2. The van der Waals surface area contributed by atoms with Gasteiger partial charge in [-0.05, 0) is 36.8 Å². The van der Waals surface area contributed by atoms with Gasteiger partial charge in [0, 0.05) is 23.7 Å². The standard InChI is InChI=1S/C16H13N3O3/c1-11-7-14(5-6-15(11)19(21)22)16(20)18-10-13-4-2-3-12(8-13)9-17/h2-8H,10H2,1H3,(H,18,20). The lowest BCUT2D eigenvalue weighted by atomic mass is 10.1. The molecular weight excluding hydrogens is 282 g/mol. The molecule has 0 saturated heterocycles. The lowest BCUT2D eigenvalue weighted by Crippen LogP contribution is -2.22. The van der Waals surface area contributed by atoms with E-state index < -0.39 is 4.92 Å². The zero-order valence-corrected chi connectivity index (χ0v) is 11.9. The van der Waals surface area contributed by atoms with Gasteiger partial charge in [-0.15, -0.1) is 0 Å². The fraction of sp³-hybridized carbons (Fsp3) is 0.125. The third-order valence-corrected chi connectivity index (χ3v) is 3.16. The second-order valence-electron chi connectivity index (χ2n) is 4.75. The Balaban J connectivity index is 2.08. The first-order valence-corrected chi connectivity index (χ1v) is 6.53. The van der Waals surface area contributed by atoms with E-state index >= 15 is 0 Å². The molecule has 1 amide bonds. The minimum Gasteiger partial charge on any atom is -0.348 e. The highest BCUT2D eigenvalue weighted by Gasteiger charge is 2.13. The molecule has 0 fully saturated rings. The molecule has 2 aromatic rings. The van der Waals surface area contributed by atoms with Crippen molar-refractivity contribution < 1.29 is 9.72 Å². The number of carbonyl (C=O) groups is 1. The van der Waals surface area contributed by atoms with E-state index in [1.54, 1.807) is 25.1 Å². The maximum atomic E-state index is 12.1. The van der Waals surface area contributed by atoms with E-state index in [0.717, 1.165) is 5.56 Å². The number of nitrogens with zero attached hydrogens (tertiary/aromatic N) is 2. The van der Waals surface area contributed by atoms with Crippen LogP contribution in [0.1, 0.15) is 27.0 Å². The van der Waals surface area contributed by atoms with E-state index in [2.05, 4.69) is 5.32 Å². The van der Waals surface area contributed by atoms with Crippen LogP contribution in [0.5, 0.6) is 0 Å². The number of benzene rings is 2. The predicted octanol–water partition coefficient (Wildman–Crippen LogP) is 2.70. The molecule has 0 saturated carbocycles. The third-order valence-electron chi connectivity index (χ3n) is 3.16. The highest BCUT2D eigenvalue weighted by Crippen LogP contribution is 2.18. The number of nitrogens with one attached hydrogen (secondary N) is 1. The van der Waals surface area contributed by atoms with Gasteiger partial charge in [0.15, 0.2) is 0 Å². The molecule has 0 aromatic heterocycles. The first-order valence-electron chi connectivity index (χ1n) is 6.53. The van der Waals surface area contributed by atoms with Gasteiger partial charge in [0.05, 0.1) is 16.6 Å². The molecule has 6 heteroatoms. The Labute approximate surface area is 127 Å². The summed E-state index contributed by atoms with van der Waals surface area (Å²) in [6.45, 7) is 1.87. The van der Waals surface area contributed by atoms with Gasteiger partial charge < -0.3 is 5.32 Å². The number of nitro groups is 1. The summed E-state index contributed by atoms with van der Waals surface area (Å²) in [7, 11) is 0. The van der Waals surface area contributed by atoms with Crippen molar-refractivity contribution in [2.75, 3.05) is 0 Å². The zero-order valence-electron chi connectivity index (χ0n) is 11.9. The van der Waals surface area contributed by atoms with E-state index in [0.29, 0.717) is 16.7 Å². The summed E-state index contributed by atoms with van der Waals surface area (Å²) in [5.74, 6) is -0.319. The highest BCUT2D eigenvalue weighted by atomic mass is 16.6. The molecule has 22 heavy (non-hydrogen) atoms. The smallest absolute Gasteiger partial charge is 0.272 e. The molecular formula is C16H13N3O3. The Morgan fingerprint density at radius 1 is 1.32 bits per heavy atom. The highest BCUT2D eigenvalue weighted by molar-refractivity contribution is 5.94. The Morgan fingerprint density at radius 3 is 2.73 bits per heavy atom. The number of aryl methyl sites for hydroxylation is 1. The van der Waals surface area contributed by atoms with Gasteiger partial charge in [0.25, 0.3) is 11.6 Å². The molecule has 0 heterocycles. The van der Waals surface area contributed by atoms with Gasteiger partial charge in [-0.1, -0.05) is 12.1 Å². The summed E-state index contributed by atoms with van der Waals surface area (Å²) in [5.41, 5.74) is 2.12. The Bertz CT molecular complexity index is 778. The van der Waals surface area contributed by atoms with Crippen LogP contribution in [0.3, 0.4) is 0 Å². The minimum absolute atomic E-state index is 0.0155. The Kier molecular flexibility index (Phi) is 4.49. The molecule has 0 aliphatic rings. The summed E-state index contributed by atoms with van der Waals surface area (Å²) in [6, 6.07) is 13.2. The Hall–Kier alpha value is -3.20. The first-order chi connectivity index (χ1) is 10.5. The molecule has 110 valence electrons. The molecule has 0 bridgehead atoms. The second kappa shape index (κ2) is 6.50. The molecule has 0 unspecified atom stereocenters. The van der Waals surface area contributed by atoms with Crippen LogP contribution >= 0.6 is 0 Å². The van der Waals surface area contributed by atoms with E-state index in [1.807, 2.05) is 12.1 Å². The molecule has 6 nitrogen and oxygen atoms in total. The van der Waals surface area contributed by atoms with E-state index in [4.69, 9.17) is 5.26 Å². The lowest BCUT2D eigenvalue weighted by Gasteiger charge is -2.06. The average Bonchev–Trinajstić information content (AvgIpc) is 2.52. The van der Waals surface area contributed by atoms with Crippen LogP contribution in [0, 0.1) is 28.4 Å². The molecule has 1 N–H and O–H groups in total. The van der Waals surface area contributed by atoms with Crippen molar-refractivity contribution in [2.24, 2.45) is 0 Å². The lowest BCUT2D eigenvalue weighted by molar-refractivity contribution is -0.385. The molecule has 2 aromatic carbocycles.